The summed E-state index contributed by atoms with van der Waals surface area (Å²) in [6.07, 6.45) is 20.0. The van der Waals surface area contributed by atoms with E-state index >= 15 is 0 Å². The maximum absolute atomic E-state index is 12.5. The van der Waals surface area contributed by atoms with Gasteiger partial charge in [0.2, 0.25) is 0 Å². The van der Waals surface area contributed by atoms with Crippen LogP contribution in [0.1, 0.15) is 138 Å². The fraction of sp³-hybridized carbons (Fsp3) is 0.912. The van der Waals surface area contributed by atoms with Gasteiger partial charge in [-0.2, -0.15) is 0 Å². The van der Waals surface area contributed by atoms with Crippen LogP contribution in [0.15, 0.2) is 11.6 Å². The molecular weight excluding hydrogens is 440 g/mol. The molecule has 36 heavy (non-hydrogen) atoms. The average molecular weight is 499 g/mol. The first-order valence-corrected chi connectivity index (χ1v) is 15.9. The lowest BCUT2D eigenvalue weighted by Gasteiger charge is -2.58. The molecule has 0 aliphatic heterocycles. The molecule has 206 valence electrons. The number of esters is 1. The molecule has 2 nitrogen and oxygen atoms in total. The summed E-state index contributed by atoms with van der Waals surface area (Å²) in [7, 11) is 0. The highest BCUT2D eigenvalue weighted by atomic mass is 16.5. The quantitative estimate of drug-likeness (QED) is 0.221. The molecule has 0 aromatic carbocycles. The van der Waals surface area contributed by atoms with E-state index in [9.17, 15) is 4.79 Å². The van der Waals surface area contributed by atoms with Crippen LogP contribution in [0.2, 0.25) is 0 Å². The monoisotopic (exact) mass is 498 g/mol. The zero-order chi connectivity index (χ0) is 26.1. The topological polar surface area (TPSA) is 26.3 Å². The first-order valence-electron chi connectivity index (χ1n) is 15.9. The summed E-state index contributed by atoms with van der Waals surface area (Å²) in [6.45, 7) is 17.1. The number of fused-ring (bicyclic) bond motifs is 5. The van der Waals surface area contributed by atoms with Crippen molar-refractivity contribution in [2.45, 2.75) is 144 Å². The molecule has 0 heterocycles. The van der Waals surface area contributed by atoms with Crippen LogP contribution in [0.4, 0.5) is 0 Å². The minimum absolute atomic E-state index is 0.0338. The molecule has 0 aromatic rings. The molecule has 0 bridgehead atoms. The summed E-state index contributed by atoms with van der Waals surface area (Å²) >= 11 is 0. The van der Waals surface area contributed by atoms with Crippen molar-refractivity contribution in [2.24, 2.45) is 52.3 Å². The maximum Gasteiger partial charge on any atom is 0.306 e. The van der Waals surface area contributed by atoms with Crippen LogP contribution < -0.4 is 0 Å². The molecule has 8 atom stereocenters. The molecular formula is C34H58O2. The molecule has 3 fully saturated rings. The largest absolute Gasteiger partial charge is 0.462 e. The first-order chi connectivity index (χ1) is 17.0. The molecule has 4 aliphatic rings. The molecule has 4 aliphatic carbocycles. The maximum atomic E-state index is 12.5. The van der Waals surface area contributed by atoms with Gasteiger partial charge < -0.3 is 4.74 Å². The van der Waals surface area contributed by atoms with E-state index in [1.807, 2.05) is 0 Å². The Morgan fingerprint density at radius 1 is 0.917 bits per heavy atom. The van der Waals surface area contributed by atoms with Crippen LogP contribution in [0.25, 0.3) is 0 Å². The van der Waals surface area contributed by atoms with Crippen molar-refractivity contribution in [3.05, 3.63) is 11.6 Å². The Labute approximate surface area is 223 Å². The van der Waals surface area contributed by atoms with Crippen molar-refractivity contribution in [3.63, 3.8) is 0 Å². The summed E-state index contributed by atoms with van der Waals surface area (Å²) in [5, 5.41) is 0. The van der Waals surface area contributed by atoms with Crippen LogP contribution in [0.5, 0.6) is 0 Å². The van der Waals surface area contributed by atoms with Crippen LogP contribution in [-0.2, 0) is 9.53 Å². The van der Waals surface area contributed by atoms with Gasteiger partial charge in [0.25, 0.3) is 0 Å². The lowest BCUT2D eigenvalue weighted by atomic mass is 9.47. The smallest absolute Gasteiger partial charge is 0.306 e. The molecule has 0 aromatic heterocycles. The Hall–Kier alpha value is -0.790. The molecule has 0 spiro atoms. The van der Waals surface area contributed by atoms with E-state index < -0.39 is 0 Å². The van der Waals surface area contributed by atoms with E-state index in [4.69, 9.17) is 4.74 Å². The fourth-order valence-corrected chi connectivity index (χ4v) is 9.65. The second kappa shape index (κ2) is 11.5. The van der Waals surface area contributed by atoms with Gasteiger partial charge in [-0.3, -0.25) is 4.79 Å². The zero-order valence-electron chi connectivity index (χ0n) is 24.9. The highest BCUT2D eigenvalue weighted by Crippen LogP contribution is 2.67. The summed E-state index contributed by atoms with van der Waals surface area (Å²) in [5.41, 5.74) is 2.53. The molecule has 1 unspecified atom stereocenters. The molecule has 2 heteroatoms. The summed E-state index contributed by atoms with van der Waals surface area (Å²) in [5.74, 6) is 5.98. The van der Waals surface area contributed by atoms with Crippen molar-refractivity contribution in [1.29, 1.82) is 0 Å². The third-order valence-electron chi connectivity index (χ3n) is 11.7. The van der Waals surface area contributed by atoms with Crippen molar-refractivity contribution in [3.8, 4) is 0 Å². The van der Waals surface area contributed by atoms with Crippen LogP contribution >= 0.6 is 0 Å². The fourth-order valence-electron chi connectivity index (χ4n) is 9.65. The Morgan fingerprint density at radius 3 is 2.36 bits per heavy atom. The van der Waals surface area contributed by atoms with Gasteiger partial charge in [-0.25, -0.2) is 0 Å². The number of hydrogen-bond donors (Lipinski definition) is 0. The van der Waals surface area contributed by atoms with E-state index in [1.165, 1.54) is 57.8 Å². The first kappa shape index (κ1) is 28.2. The number of allylic oxidation sites excluding steroid dienone is 1. The van der Waals surface area contributed by atoms with Gasteiger partial charge >= 0.3 is 5.97 Å². The Morgan fingerprint density at radius 2 is 1.64 bits per heavy atom. The van der Waals surface area contributed by atoms with Gasteiger partial charge in [-0.05, 0) is 104 Å². The van der Waals surface area contributed by atoms with Gasteiger partial charge in [-0.1, -0.05) is 85.8 Å². The number of hydrogen-bond acceptors (Lipinski definition) is 2. The number of ether oxygens (including phenoxy) is 1. The highest BCUT2D eigenvalue weighted by molar-refractivity contribution is 5.69. The summed E-state index contributed by atoms with van der Waals surface area (Å²) in [4.78, 5) is 12.5. The SMILES string of the molecule is CC(C)CCCC(=O)OC1CC[C@@]2(C)C(=CC[C@H]3[C@@H]4CC[C@H]([C@H](C)CCCC(C)C)[C@@]4(C)CC[C@@H]32)C1. The normalized spacial score (nSPS) is 38.8. The summed E-state index contributed by atoms with van der Waals surface area (Å²) < 4.78 is 6.00. The minimum atomic E-state index is 0.0338. The van der Waals surface area contributed by atoms with Gasteiger partial charge in [-0.15, -0.1) is 0 Å². The average Bonchev–Trinajstić information content (AvgIpc) is 3.16. The van der Waals surface area contributed by atoms with Crippen molar-refractivity contribution in [2.75, 3.05) is 0 Å². The number of rotatable bonds is 10. The molecule has 3 saturated carbocycles. The standard InChI is InChI=1S/C34H58O2/c1-23(2)10-8-12-25(5)29-16-17-30-28-15-14-26-22-27(36-32(35)13-9-11-24(3)4)18-20-33(26,6)31(28)19-21-34(29,30)7/h14,23-25,27-31H,8-13,15-22H2,1-7H3/t25-,27?,28+,29-,30+,31+,33+,34-/m1/s1. The lowest BCUT2D eigenvalue weighted by molar-refractivity contribution is -0.151. The second-order valence-electron chi connectivity index (χ2n) is 14.9. The molecule has 0 radical (unpaired) electrons. The van der Waals surface area contributed by atoms with E-state index in [0.29, 0.717) is 23.2 Å². The predicted molar refractivity (Wildman–Crippen MR) is 152 cm³/mol. The Bertz CT molecular complexity index is 780. The highest BCUT2D eigenvalue weighted by Gasteiger charge is 2.59. The predicted octanol–water partition coefficient (Wildman–Crippen LogP) is 9.77. The third-order valence-corrected chi connectivity index (χ3v) is 11.7. The van der Waals surface area contributed by atoms with Crippen molar-refractivity contribution >= 4 is 5.97 Å². The van der Waals surface area contributed by atoms with E-state index in [0.717, 1.165) is 61.2 Å². The van der Waals surface area contributed by atoms with Gasteiger partial charge in [0.15, 0.2) is 0 Å². The van der Waals surface area contributed by atoms with Crippen LogP contribution in [-0.4, -0.2) is 12.1 Å². The van der Waals surface area contributed by atoms with E-state index in [1.54, 1.807) is 5.57 Å². The molecule has 0 N–H and O–H groups in total. The van der Waals surface area contributed by atoms with E-state index in [2.05, 4.69) is 54.5 Å². The number of carbonyl (C=O) groups excluding carboxylic acids is 1. The van der Waals surface area contributed by atoms with Gasteiger partial charge in [0, 0.05) is 12.8 Å². The minimum Gasteiger partial charge on any atom is -0.462 e. The van der Waals surface area contributed by atoms with Crippen molar-refractivity contribution < 1.29 is 9.53 Å². The van der Waals surface area contributed by atoms with Crippen molar-refractivity contribution in [1.82, 2.24) is 0 Å². The van der Waals surface area contributed by atoms with Crippen LogP contribution in [0.3, 0.4) is 0 Å². The van der Waals surface area contributed by atoms with Gasteiger partial charge in [0.1, 0.15) is 6.10 Å². The second-order valence-corrected chi connectivity index (χ2v) is 14.9. The molecule has 0 amide bonds. The Balaban J connectivity index is 1.37. The van der Waals surface area contributed by atoms with E-state index in [-0.39, 0.29) is 12.1 Å². The summed E-state index contributed by atoms with van der Waals surface area (Å²) in [6, 6.07) is 0. The Kier molecular flexibility index (Phi) is 9.04. The molecule has 4 rings (SSSR count). The van der Waals surface area contributed by atoms with Gasteiger partial charge in [0.05, 0.1) is 0 Å². The number of carbonyl (C=O) groups is 1. The van der Waals surface area contributed by atoms with Crippen LogP contribution in [0, 0.1) is 52.3 Å². The third kappa shape index (κ3) is 5.78. The molecule has 0 saturated heterocycles. The zero-order valence-corrected chi connectivity index (χ0v) is 24.9. The lowest BCUT2D eigenvalue weighted by Crippen LogP contribution is -2.51.